The molecule has 0 saturated carbocycles. The van der Waals surface area contributed by atoms with Crippen molar-refractivity contribution in [3.05, 3.63) is 70.8 Å². The third kappa shape index (κ3) is 5.76. The summed E-state index contributed by atoms with van der Waals surface area (Å²) in [7, 11) is 0. The largest absolute Gasteiger partial charge is 0.357 e. The molecule has 0 spiro atoms. The Hall–Kier alpha value is -2.96. The molecule has 1 heterocycles. The molecular formula is C22H26F2N4O. The van der Waals surface area contributed by atoms with Gasteiger partial charge in [-0.15, -0.1) is 0 Å². The van der Waals surface area contributed by atoms with E-state index in [2.05, 4.69) is 15.6 Å². The molecule has 0 radical (unpaired) electrons. The molecule has 1 aliphatic heterocycles. The van der Waals surface area contributed by atoms with Gasteiger partial charge in [-0.3, -0.25) is 4.79 Å². The molecule has 154 valence electrons. The summed E-state index contributed by atoms with van der Waals surface area (Å²) in [5.41, 5.74) is 2.35. The quantitative estimate of drug-likeness (QED) is 0.554. The highest BCUT2D eigenvalue weighted by Crippen LogP contribution is 2.17. The number of benzene rings is 2. The van der Waals surface area contributed by atoms with E-state index >= 15 is 0 Å². The Morgan fingerprint density at radius 3 is 2.62 bits per heavy atom. The van der Waals surface area contributed by atoms with Gasteiger partial charge in [0.15, 0.2) is 5.96 Å². The zero-order valence-corrected chi connectivity index (χ0v) is 16.5. The average molecular weight is 400 g/mol. The highest BCUT2D eigenvalue weighted by Gasteiger charge is 2.20. The molecule has 3 rings (SSSR count). The summed E-state index contributed by atoms with van der Waals surface area (Å²) in [6.07, 6.45) is 1.53. The third-order valence-electron chi connectivity index (χ3n) is 4.86. The molecule has 1 saturated heterocycles. The number of halogens is 2. The van der Waals surface area contributed by atoms with Gasteiger partial charge < -0.3 is 15.5 Å². The average Bonchev–Trinajstić information content (AvgIpc) is 3.12. The number of nitrogens with zero attached hydrogens (tertiary/aromatic N) is 2. The third-order valence-corrected chi connectivity index (χ3v) is 4.86. The van der Waals surface area contributed by atoms with Gasteiger partial charge in [0.25, 0.3) is 0 Å². The lowest BCUT2D eigenvalue weighted by Crippen LogP contribution is -2.37. The number of rotatable bonds is 7. The van der Waals surface area contributed by atoms with E-state index in [1.54, 1.807) is 0 Å². The Labute approximate surface area is 169 Å². The van der Waals surface area contributed by atoms with Crippen molar-refractivity contribution in [3.63, 3.8) is 0 Å². The van der Waals surface area contributed by atoms with Crippen molar-refractivity contribution in [2.24, 2.45) is 4.99 Å². The summed E-state index contributed by atoms with van der Waals surface area (Å²) in [5, 5.41) is 6.35. The normalized spacial score (nSPS) is 14.4. The van der Waals surface area contributed by atoms with Crippen LogP contribution in [0.1, 0.15) is 36.5 Å². The Morgan fingerprint density at radius 2 is 1.90 bits per heavy atom. The molecular weight excluding hydrogens is 374 g/mol. The Balaban J connectivity index is 1.67. The summed E-state index contributed by atoms with van der Waals surface area (Å²) in [5.74, 6) is -0.255. The molecule has 0 aliphatic carbocycles. The van der Waals surface area contributed by atoms with Crippen LogP contribution in [0.3, 0.4) is 0 Å². The first-order chi connectivity index (χ1) is 14.1. The molecule has 29 heavy (non-hydrogen) atoms. The minimum Gasteiger partial charge on any atom is -0.357 e. The van der Waals surface area contributed by atoms with Crippen molar-refractivity contribution in [1.82, 2.24) is 15.5 Å². The Morgan fingerprint density at radius 1 is 1.10 bits per heavy atom. The molecule has 1 aliphatic rings. The number of guanidine groups is 1. The smallest absolute Gasteiger partial charge is 0.222 e. The first kappa shape index (κ1) is 20.8. The van der Waals surface area contributed by atoms with E-state index in [4.69, 9.17) is 0 Å². The summed E-state index contributed by atoms with van der Waals surface area (Å²) < 4.78 is 27.2. The van der Waals surface area contributed by atoms with Crippen molar-refractivity contribution in [3.8, 4) is 0 Å². The molecule has 0 unspecified atom stereocenters. The molecule has 7 heteroatoms. The van der Waals surface area contributed by atoms with Gasteiger partial charge in [-0.2, -0.15) is 0 Å². The number of amides is 1. The van der Waals surface area contributed by atoms with Crippen LogP contribution in [-0.4, -0.2) is 29.9 Å². The first-order valence-corrected chi connectivity index (χ1v) is 9.87. The second-order valence-electron chi connectivity index (χ2n) is 6.97. The van der Waals surface area contributed by atoms with Crippen LogP contribution in [0.4, 0.5) is 8.78 Å². The Bertz CT molecular complexity index is 885. The molecule has 0 bridgehead atoms. The van der Waals surface area contributed by atoms with Crippen LogP contribution in [0.25, 0.3) is 0 Å². The fourth-order valence-electron chi connectivity index (χ4n) is 3.31. The van der Waals surface area contributed by atoms with Crippen molar-refractivity contribution in [2.75, 3.05) is 13.1 Å². The Kier molecular flexibility index (Phi) is 7.16. The molecule has 5 nitrogen and oxygen atoms in total. The summed E-state index contributed by atoms with van der Waals surface area (Å²) >= 11 is 0. The predicted molar refractivity (Wildman–Crippen MR) is 109 cm³/mol. The molecule has 2 N–H and O–H groups in total. The minimum atomic E-state index is -0.486. The second-order valence-corrected chi connectivity index (χ2v) is 6.97. The van der Waals surface area contributed by atoms with Crippen LogP contribution >= 0.6 is 0 Å². The van der Waals surface area contributed by atoms with Crippen molar-refractivity contribution < 1.29 is 13.6 Å². The van der Waals surface area contributed by atoms with Crippen LogP contribution in [0.15, 0.2) is 47.5 Å². The van der Waals surface area contributed by atoms with Gasteiger partial charge in [0.1, 0.15) is 11.6 Å². The molecule has 1 amide bonds. The standard InChI is InChI=1S/C22H26F2N4O/c1-2-25-22(27-14-18-12-19(23)9-10-20(18)24)26-13-16-6-3-4-7-17(16)15-28-11-5-8-21(28)29/h3-4,6-7,9-10,12H,2,5,8,11,13-15H2,1H3,(H2,25,26,27). The molecule has 1 fully saturated rings. The van der Waals surface area contributed by atoms with Crippen molar-refractivity contribution in [1.29, 1.82) is 0 Å². The van der Waals surface area contributed by atoms with Gasteiger partial charge in [0, 0.05) is 38.2 Å². The summed E-state index contributed by atoms with van der Waals surface area (Å²) in [6, 6.07) is 11.3. The number of carbonyl (C=O) groups excluding carboxylic acids is 1. The molecule has 0 atom stereocenters. The fourth-order valence-corrected chi connectivity index (χ4v) is 3.31. The van der Waals surface area contributed by atoms with Gasteiger partial charge in [0.05, 0.1) is 6.54 Å². The van der Waals surface area contributed by atoms with Crippen molar-refractivity contribution >= 4 is 11.9 Å². The van der Waals surface area contributed by atoms with Crippen LogP contribution in [-0.2, 0) is 24.4 Å². The SMILES string of the molecule is CCNC(=NCc1cc(F)ccc1F)NCc1ccccc1CN1CCCC1=O. The lowest BCUT2D eigenvalue weighted by atomic mass is 10.1. The van der Waals surface area contributed by atoms with E-state index in [9.17, 15) is 13.6 Å². The van der Waals surface area contributed by atoms with Crippen LogP contribution in [0.2, 0.25) is 0 Å². The maximum absolute atomic E-state index is 13.8. The maximum atomic E-state index is 13.8. The van der Waals surface area contributed by atoms with Crippen LogP contribution in [0, 0.1) is 11.6 Å². The zero-order valence-electron chi connectivity index (χ0n) is 16.5. The maximum Gasteiger partial charge on any atom is 0.222 e. The first-order valence-electron chi connectivity index (χ1n) is 9.87. The van der Waals surface area contributed by atoms with Gasteiger partial charge >= 0.3 is 0 Å². The highest BCUT2D eigenvalue weighted by molar-refractivity contribution is 5.80. The zero-order chi connectivity index (χ0) is 20.6. The number of hydrogen-bond donors (Lipinski definition) is 2. The molecule has 2 aromatic carbocycles. The van der Waals surface area contributed by atoms with E-state index in [0.717, 1.165) is 42.3 Å². The lowest BCUT2D eigenvalue weighted by Gasteiger charge is -2.19. The van der Waals surface area contributed by atoms with E-state index in [1.807, 2.05) is 36.1 Å². The topological polar surface area (TPSA) is 56.7 Å². The molecule has 0 aromatic heterocycles. The van der Waals surface area contributed by atoms with E-state index in [1.165, 1.54) is 0 Å². The minimum absolute atomic E-state index is 0.0306. The number of aliphatic imine (C=N–C) groups is 1. The van der Waals surface area contributed by atoms with Crippen LogP contribution < -0.4 is 10.6 Å². The van der Waals surface area contributed by atoms with Gasteiger partial charge in [-0.05, 0) is 42.7 Å². The van der Waals surface area contributed by atoms with E-state index in [0.29, 0.717) is 32.0 Å². The van der Waals surface area contributed by atoms with Gasteiger partial charge in [0.2, 0.25) is 5.91 Å². The number of nitrogens with one attached hydrogen (secondary N) is 2. The summed E-state index contributed by atoms with van der Waals surface area (Å²) in [6.45, 7) is 4.51. The second kappa shape index (κ2) is 10.0. The predicted octanol–water partition coefficient (Wildman–Crippen LogP) is 3.34. The lowest BCUT2D eigenvalue weighted by molar-refractivity contribution is -0.128. The van der Waals surface area contributed by atoms with Gasteiger partial charge in [-0.1, -0.05) is 24.3 Å². The molecule has 2 aromatic rings. The van der Waals surface area contributed by atoms with E-state index in [-0.39, 0.29) is 18.0 Å². The fraction of sp³-hybridized carbons (Fsp3) is 0.364. The van der Waals surface area contributed by atoms with Crippen LogP contribution in [0.5, 0.6) is 0 Å². The van der Waals surface area contributed by atoms with E-state index < -0.39 is 11.6 Å². The number of carbonyl (C=O) groups is 1. The van der Waals surface area contributed by atoms with Crippen molar-refractivity contribution in [2.45, 2.75) is 39.4 Å². The number of hydrogen-bond acceptors (Lipinski definition) is 2. The highest BCUT2D eigenvalue weighted by atomic mass is 19.1. The monoisotopic (exact) mass is 400 g/mol. The number of likely N-dealkylation sites (tertiary alicyclic amines) is 1. The summed E-state index contributed by atoms with van der Waals surface area (Å²) in [4.78, 5) is 18.2. The van der Waals surface area contributed by atoms with Gasteiger partial charge in [-0.25, -0.2) is 13.8 Å².